The van der Waals surface area contributed by atoms with Crippen molar-refractivity contribution in [2.75, 3.05) is 0 Å². The highest BCUT2D eigenvalue weighted by atomic mass is 32.2. The number of aromatic amines is 1. The topological polar surface area (TPSA) is 118 Å². The van der Waals surface area contributed by atoms with Crippen LogP contribution >= 0.6 is 0 Å². The van der Waals surface area contributed by atoms with E-state index in [1.807, 2.05) is 5.32 Å². The number of carbonyl (C=O) groups excluding carboxylic acids is 1. The Balaban J connectivity index is 3.02. The van der Waals surface area contributed by atoms with Crippen molar-refractivity contribution in [3.63, 3.8) is 0 Å². The number of hydrogen-bond acceptors (Lipinski definition) is 4. The average Bonchev–Trinajstić information content (AvgIpc) is 2.68. The van der Waals surface area contributed by atoms with E-state index < -0.39 is 45.2 Å². The van der Waals surface area contributed by atoms with Gasteiger partial charge in [0.05, 0.1) is 12.1 Å². The summed E-state index contributed by atoms with van der Waals surface area (Å²) in [6.07, 6.45) is -5.48. The smallest absolute Gasteiger partial charge is 0.348 e. The molecule has 1 amide bonds. The van der Waals surface area contributed by atoms with Crippen molar-refractivity contribution in [1.82, 2.24) is 15.5 Å². The second-order valence-corrected chi connectivity index (χ2v) is 5.97. The van der Waals surface area contributed by atoms with Gasteiger partial charge in [0.15, 0.2) is 5.69 Å². The molecule has 0 aromatic carbocycles. The molecule has 1 aromatic heterocycles. The Labute approximate surface area is 119 Å². The normalized spacial score (nSPS) is 14.0. The number of aromatic nitrogens is 2. The molecular formula is C10H15F3N4O3S. The molecule has 7 nitrogen and oxygen atoms in total. The first-order valence-electron chi connectivity index (χ1n) is 5.93. The number of aryl methyl sites for hydroxylation is 1. The molecule has 1 heterocycles. The van der Waals surface area contributed by atoms with Crippen LogP contribution in [0.2, 0.25) is 0 Å². The molecular weight excluding hydrogens is 313 g/mol. The van der Waals surface area contributed by atoms with Crippen LogP contribution in [-0.2, 0) is 16.4 Å². The summed E-state index contributed by atoms with van der Waals surface area (Å²) in [6.45, 7) is 2.76. The molecule has 1 rings (SSSR count). The number of H-pyrrole nitrogens is 1. The number of primary sulfonamides is 1. The number of alkyl halides is 3. The van der Waals surface area contributed by atoms with Crippen LogP contribution in [0.3, 0.4) is 0 Å². The van der Waals surface area contributed by atoms with E-state index in [1.165, 1.54) is 0 Å². The maximum Gasteiger partial charge on any atom is 0.391 e. The third-order valence-electron chi connectivity index (χ3n) is 2.56. The average molecular weight is 328 g/mol. The Morgan fingerprint density at radius 3 is 2.48 bits per heavy atom. The summed E-state index contributed by atoms with van der Waals surface area (Å²) < 4.78 is 59.5. The molecule has 0 aliphatic heterocycles. The minimum atomic E-state index is -4.45. The molecule has 4 N–H and O–H groups in total. The number of amides is 1. The SMILES string of the molecule is CCc1[nH]nc(C(=O)NC(C)CC(F)(F)F)c1S(N)(=O)=O. The van der Waals surface area contributed by atoms with Crippen LogP contribution in [0.25, 0.3) is 0 Å². The summed E-state index contributed by atoms with van der Waals surface area (Å²) in [5.41, 5.74) is -0.422. The lowest BCUT2D eigenvalue weighted by Gasteiger charge is -2.15. The highest BCUT2D eigenvalue weighted by molar-refractivity contribution is 7.89. The van der Waals surface area contributed by atoms with Crippen molar-refractivity contribution in [2.24, 2.45) is 5.14 Å². The van der Waals surface area contributed by atoms with E-state index in [4.69, 9.17) is 5.14 Å². The fourth-order valence-corrected chi connectivity index (χ4v) is 2.70. The lowest BCUT2D eigenvalue weighted by atomic mass is 10.2. The lowest BCUT2D eigenvalue weighted by Crippen LogP contribution is -2.37. The lowest BCUT2D eigenvalue weighted by molar-refractivity contribution is -0.138. The summed E-state index contributed by atoms with van der Waals surface area (Å²) in [5.74, 6) is -1.04. The summed E-state index contributed by atoms with van der Waals surface area (Å²) in [6, 6.07) is -1.23. The first-order chi connectivity index (χ1) is 9.45. The zero-order valence-electron chi connectivity index (χ0n) is 11.3. The maximum atomic E-state index is 12.2. The third kappa shape index (κ3) is 4.70. The van der Waals surface area contributed by atoms with E-state index >= 15 is 0 Å². The number of halogens is 3. The van der Waals surface area contributed by atoms with Crippen LogP contribution in [0.15, 0.2) is 4.90 Å². The molecule has 0 aliphatic rings. The van der Waals surface area contributed by atoms with Gasteiger partial charge in [-0.2, -0.15) is 18.3 Å². The quantitative estimate of drug-likeness (QED) is 0.737. The van der Waals surface area contributed by atoms with Crippen LogP contribution in [0, 0.1) is 0 Å². The van der Waals surface area contributed by atoms with Gasteiger partial charge in [-0.1, -0.05) is 6.92 Å². The van der Waals surface area contributed by atoms with Crippen molar-refractivity contribution in [1.29, 1.82) is 0 Å². The van der Waals surface area contributed by atoms with E-state index in [9.17, 15) is 26.4 Å². The van der Waals surface area contributed by atoms with Gasteiger partial charge in [-0.15, -0.1) is 0 Å². The minimum absolute atomic E-state index is 0.117. The van der Waals surface area contributed by atoms with Crippen LogP contribution < -0.4 is 10.5 Å². The van der Waals surface area contributed by atoms with Crippen LogP contribution in [0.5, 0.6) is 0 Å². The van der Waals surface area contributed by atoms with Crippen molar-refractivity contribution >= 4 is 15.9 Å². The molecule has 0 saturated heterocycles. The van der Waals surface area contributed by atoms with E-state index in [-0.39, 0.29) is 12.1 Å². The molecule has 120 valence electrons. The van der Waals surface area contributed by atoms with E-state index in [0.29, 0.717) is 0 Å². The summed E-state index contributed by atoms with van der Waals surface area (Å²) in [4.78, 5) is 11.4. The predicted octanol–water partition coefficient (Wildman–Crippen LogP) is 0.690. The van der Waals surface area contributed by atoms with E-state index in [2.05, 4.69) is 10.2 Å². The molecule has 0 aliphatic carbocycles. The second-order valence-electron chi connectivity index (χ2n) is 4.47. The first kappa shape index (κ1) is 17.4. The van der Waals surface area contributed by atoms with Gasteiger partial charge in [0, 0.05) is 6.04 Å². The maximum absolute atomic E-state index is 12.2. The molecule has 1 atom stereocenters. The molecule has 0 fully saturated rings. The number of rotatable bonds is 5. The van der Waals surface area contributed by atoms with Gasteiger partial charge in [0.25, 0.3) is 5.91 Å². The molecule has 0 bridgehead atoms. The molecule has 11 heteroatoms. The second kappa shape index (κ2) is 6.02. The van der Waals surface area contributed by atoms with E-state index in [1.54, 1.807) is 6.92 Å². The Morgan fingerprint density at radius 2 is 2.05 bits per heavy atom. The highest BCUT2D eigenvalue weighted by Gasteiger charge is 2.32. The van der Waals surface area contributed by atoms with Gasteiger partial charge in [0.2, 0.25) is 10.0 Å². The standard InChI is InChI=1S/C10H15F3N4O3S/c1-3-6-8(21(14,19)20)7(17-16-6)9(18)15-5(2)4-10(11,12)13/h5H,3-4H2,1-2H3,(H,15,18)(H,16,17)(H2,14,19,20). The number of nitrogens with one attached hydrogen (secondary N) is 2. The van der Waals surface area contributed by atoms with Crippen molar-refractivity contribution in [2.45, 2.75) is 43.8 Å². The molecule has 1 aromatic rings. The Bertz CT molecular complexity index is 624. The summed E-state index contributed by atoms with van der Waals surface area (Å²) >= 11 is 0. The zero-order chi connectivity index (χ0) is 16.4. The Hall–Kier alpha value is -1.62. The van der Waals surface area contributed by atoms with Crippen LogP contribution in [-0.4, -0.2) is 36.7 Å². The number of nitrogens with zero attached hydrogens (tertiary/aromatic N) is 1. The predicted molar refractivity (Wildman–Crippen MR) is 66.9 cm³/mol. The largest absolute Gasteiger partial charge is 0.391 e. The van der Waals surface area contributed by atoms with Crippen molar-refractivity contribution < 1.29 is 26.4 Å². The molecule has 0 saturated carbocycles. The van der Waals surface area contributed by atoms with Gasteiger partial charge in [-0.25, -0.2) is 13.6 Å². The fraction of sp³-hybridized carbons (Fsp3) is 0.600. The van der Waals surface area contributed by atoms with E-state index in [0.717, 1.165) is 6.92 Å². The van der Waals surface area contributed by atoms with Gasteiger partial charge < -0.3 is 5.32 Å². The van der Waals surface area contributed by atoms with Crippen molar-refractivity contribution in [3.8, 4) is 0 Å². The number of carbonyl (C=O) groups is 1. The molecule has 0 spiro atoms. The molecule has 1 unspecified atom stereocenters. The van der Waals surface area contributed by atoms with Crippen LogP contribution in [0.4, 0.5) is 13.2 Å². The summed E-state index contributed by atoms with van der Waals surface area (Å²) in [7, 11) is -4.23. The Kier molecular flexibility index (Phi) is 4.99. The number of hydrogen-bond donors (Lipinski definition) is 3. The van der Waals surface area contributed by atoms with Gasteiger partial charge >= 0.3 is 6.18 Å². The third-order valence-corrected chi connectivity index (χ3v) is 3.57. The zero-order valence-corrected chi connectivity index (χ0v) is 12.1. The minimum Gasteiger partial charge on any atom is -0.348 e. The summed E-state index contributed by atoms with van der Waals surface area (Å²) in [5, 5.41) is 12.9. The molecule has 0 radical (unpaired) electrons. The van der Waals surface area contributed by atoms with Crippen molar-refractivity contribution in [3.05, 3.63) is 11.4 Å². The number of nitrogens with two attached hydrogens (primary N) is 1. The Morgan fingerprint density at radius 1 is 1.48 bits per heavy atom. The fourth-order valence-electron chi connectivity index (χ4n) is 1.76. The molecule has 21 heavy (non-hydrogen) atoms. The monoisotopic (exact) mass is 328 g/mol. The van der Waals surface area contributed by atoms with Gasteiger partial charge in [-0.05, 0) is 13.3 Å². The van der Waals surface area contributed by atoms with Gasteiger partial charge in [-0.3, -0.25) is 9.89 Å². The first-order valence-corrected chi connectivity index (χ1v) is 7.48. The van der Waals surface area contributed by atoms with Crippen LogP contribution in [0.1, 0.15) is 36.5 Å². The van der Waals surface area contributed by atoms with Gasteiger partial charge in [0.1, 0.15) is 4.90 Å². The highest BCUT2D eigenvalue weighted by Crippen LogP contribution is 2.22. The number of sulfonamides is 1.